The summed E-state index contributed by atoms with van der Waals surface area (Å²) < 4.78 is 0. The number of carboxylic acid groups (broad SMARTS) is 2. The largest absolute Gasteiger partial charge is 0.481 e. The zero-order valence-electron chi connectivity index (χ0n) is 12.0. The molecule has 0 unspecified atom stereocenters. The smallest absolute Gasteiger partial charge is 0.326 e. The summed E-state index contributed by atoms with van der Waals surface area (Å²) in [7, 11) is 0. The van der Waals surface area contributed by atoms with Crippen molar-refractivity contribution in [1.82, 2.24) is 10.6 Å². The van der Waals surface area contributed by atoms with E-state index in [1.165, 1.54) is 0 Å². The van der Waals surface area contributed by atoms with Gasteiger partial charge in [-0.25, -0.2) is 4.79 Å². The molecule has 0 aromatic carbocycles. The molecule has 0 spiro atoms. The Morgan fingerprint density at radius 3 is 2.20 bits per heavy atom. The Labute approximate surface area is 118 Å². The third-order valence-electron chi connectivity index (χ3n) is 2.65. The molecule has 0 saturated heterocycles. The van der Waals surface area contributed by atoms with Gasteiger partial charge in [0.25, 0.3) is 0 Å². The van der Waals surface area contributed by atoms with Crippen LogP contribution in [0.5, 0.6) is 0 Å². The molecule has 0 saturated carbocycles. The third-order valence-corrected chi connectivity index (χ3v) is 2.65. The summed E-state index contributed by atoms with van der Waals surface area (Å²) in [5, 5.41) is 23.0. The predicted molar refractivity (Wildman–Crippen MR) is 73.4 cm³/mol. The fourth-order valence-corrected chi connectivity index (χ4v) is 1.62. The van der Waals surface area contributed by atoms with Gasteiger partial charge in [0.05, 0.1) is 0 Å². The molecule has 0 radical (unpaired) electrons. The van der Waals surface area contributed by atoms with Gasteiger partial charge in [-0.3, -0.25) is 9.59 Å². The van der Waals surface area contributed by atoms with Gasteiger partial charge in [0.1, 0.15) is 6.04 Å². The van der Waals surface area contributed by atoms with E-state index in [-0.39, 0.29) is 31.6 Å². The second kappa shape index (κ2) is 10.2. The van der Waals surface area contributed by atoms with Crippen LogP contribution in [0, 0.1) is 0 Å². The molecule has 0 aliphatic heterocycles. The van der Waals surface area contributed by atoms with Crippen molar-refractivity contribution >= 4 is 17.8 Å². The predicted octanol–water partition coefficient (Wildman–Crippen LogP) is 0.589. The fraction of sp³-hybridized carbons (Fsp3) is 0.769. The Kier molecular flexibility index (Phi) is 9.36. The normalized spacial score (nSPS) is 12.2. The van der Waals surface area contributed by atoms with Crippen LogP contribution in [0.4, 0.5) is 0 Å². The minimum atomic E-state index is -1.14. The van der Waals surface area contributed by atoms with Crippen molar-refractivity contribution < 1.29 is 24.6 Å². The second-order valence-electron chi connectivity index (χ2n) is 4.96. The van der Waals surface area contributed by atoms with Gasteiger partial charge in [0.2, 0.25) is 5.91 Å². The molecular formula is C13H24N2O5. The van der Waals surface area contributed by atoms with Gasteiger partial charge in [-0.2, -0.15) is 0 Å². The average Bonchev–Trinajstić information content (AvgIpc) is 2.32. The van der Waals surface area contributed by atoms with E-state index in [1.54, 1.807) is 0 Å². The first-order valence-corrected chi connectivity index (χ1v) is 6.80. The highest BCUT2D eigenvalue weighted by Crippen LogP contribution is 2.02. The van der Waals surface area contributed by atoms with Crippen LogP contribution in [0.2, 0.25) is 0 Å². The highest BCUT2D eigenvalue weighted by Gasteiger charge is 2.19. The summed E-state index contributed by atoms with van der Waals surface area (Å²) in [5.41, 5.74) is 0. The fourth-order valence-electron chi connectivity index (χ4n) is 1.62. The molecule has 7 nitrogen and oxygen atoms in total. The lowest BCUT2D eigenvalue weighted by atomic mass is 10.1. The van der Waals surface area contributed by atoms with Crippen LogP contribution in [0.3, 0.4) is 0 Å². The summed E-state index contributed by atoms with van der Waals surface area (Å²) in [6.07, 6.45) is 1.13. The monoisotopic (exact) mass is 288 g/mol. The molecule has 4 N–H and O–H groups in total. The molecule has 0 fully saturated rings. The number of carboxylic acids is 2. The standard InChI is InChI=1S/C13H24N2O5/c1-9(2)14-8-4-6-11(16)15-10(13(19)20)5-3-7-12(17)18/h9-10,14H,3-8H2,1-2H3,(H,15,16)(H,17,18)(H,19,20)/t10-/m1/s1. The van der Waals surface area contributed by atoms with E-state index in [2.05, 4.69) is 10.6 Å². The van der Waals surface area contributed by atoms with Crippen LogP contribution in [0.25, 0.3) is 0 Å². The van der Waals surface area contributed by atoms with Crippen LogP contribution >= 0.6 is 0 Å². The summed E-state index contributed by atoms with van der Waals surface area (Å²) >= 11 is 0. The summed E-state index contributed by atoms with van der Waals surface area (Å²) in [5.74, 6) is -2.43. The minimum absolute atomic E-state index is 0.0992. The quantitative estimate of drug-likeness (QED) is 0.413. The van der Waals surface area contributed by atoms with Crippen molar-refractivity contribution in [2.24, 2.45) is 0 Å². The van der Waals surface area contributed by atoms with E-state index >= 15 is 0 Å². The highest BCUT2D eigenvalue weighted by atomic mass is 16.4. The zero-order chi connectivity index (χ0) is 15.5. The van der Waals surface area contributed by atoms with E-state index < -0.39 is 18.0 Å². The molecular weight excluding hydrogens is 264 g/mol. The molecule has 0 bridgehead atoms. The maximum atomic E-state index is 11.6. The number of carbonyl (C=O) groups is 3. The van der Waals surface area contributed by atoms with E-state index in [1.807, 2.05) is 13.8 Å². The Bertz CT molecular complexity index is 331. The van der Waals surface area contributed by atoms with E-state index in [9.17, 15) is 14.4 Å². The third kappa shape index (κ3) is 10.3. The lowest BCUT2D eigenvalue weighted by Crippen LogP contribution is -2.41. The van der Waals surface area contributed by atoms with Crippen molar-refractivity contribution in [1.29, 1.82) is 0 Å². The van der Waals surface area contributed by atoms with E-state index in [0.717, 1.165) is 0 Å². The van der Waals surface area contributed by atoms with Gasteiger partial charge >= 0.3 is 11.9 Å². The summed E-state index contributed by atoms with van der Waals surface area (Å²) in [6.45, 7) is 4.70. The van der Waals surface area contributed by atoms with Crippen molar-refractivity contribution in [2.75, 3.05) is 6.54 Å². The number of amides is 1. The van der Waals surface area contributed by atoms with Gasteiger partial charge < -0.3 is 20.8 Å². The van der Waals surface area contributed by atoms with Crippen molar-refractivity contribution in [2.45, 2.75) is 58.0 Å². The molecule has 0 heterocycles. The number of hydrogen-bond donors (Lipinski definition) is 4. The Morgan fingerprint density at radius 1 is 1.05 bits per heavy atom. The highest BCUT2D eigenvalue weighted by molar-refractivity contribution is 5.83. The summed E-state index contributed by atoms with van der Waals surface area (Å²) in [4.78, 5) is 32.9. The molecule has 0 rings (SSSR count). The molecule has 0 aromatic rings. The van der Waals surface area contributed by atoms with Crippen molar-refractivity contribution in [3.63, 3.8) is 0 Å². The van der Waals surface area contributed by atoms with Crippen molar-refractivity contribution in [3.05, 3.63) is 0 Å². The maximum absolute atomic E-state index is 11.6. The van der Waals surface area contributed by atoms with Crippen LogP contribution in [-0.4, -0.2) is 46.7 Å². The maximum Gasteiger partial charge on any atom is 0.326 e. The molecule has 0 aromatic heterocycles. The lowest BCUT2D eigenvalue weighted by molar-refractivity contribution is -0.142. The zero-order valence-corrected chi connectivity index (χ0v) is 12.0. The van der Waals surface area contributed by atoms with E-state index in [4.69, 9.17) is 10.2 Å². The lowest BCUT2D eigenvalue weighted by Gasteiger charge is -2.14. The Balaban J connectivity index is 3.95. The van der Waals surface area contributed by atoms with Crippen molar-refractivity contribution in [3.8, 4) is 0 Å². The molecule has 7 heteroatoms. The minimum Gasteiger partial charge on any atom is -0.481 e. The number of nitrogens with one attached hydrogen (secondary N) is 2. The van der Waals surface area contributed by atoms with Crippen LogP contribution in [-0.2, 0) is 14.4 Å². The molecule has 1 atom stereocenters. The first-order valence-electron chi connectivity index (χ1n) is 6.80. The van der Waals surface area contributed by atoms with Crippen LogP contribution in [0.1, 0.15) is 46.0 Å². The SMILES string of the molecule is CC(C)NCCCC(=O)N[C@H](CCCC(=O)O)C(=O)O. The molecule has 116 valence electrons. The second-order valence-corrected chi connectivity index (χ2v) is 4.96. The van der Waals surface area contributed by atoms with Gasteiger partial charge in [-0.05, 0) is 25.8 Å². The Hall–Kier alpha value is -1.63. The molecule has 20 heavy (non-hydrogen) atoms. The van der Waals surface area contributed by atoms with E-state index in [0.29, 0.717) is 19.0 Å². The number of rotatable bonds is 11. The van der Waals surface area contributed by atoms with Gasteiger partial charge in [-0.15, -0.1) is 0 Å². The average molecular weight is 288 g/mol. The number of hydrogen-bond acceptors (Lipinski definition) is 4. The first-order chi connectivity index (χ1) is 9.32. The molecule has 1 amide bonds. The topological polar surface area (TPSA) is 116 Å². The van der Waals surface area contributed by atoms with Gasteiger partial charge in [0.15, 0.2) is 0 Å². The van der Waals surface area contributed by atoms with Crippen LogP contribution < -0.4 is 10.6 Å². The number of aliphatic carboxylic acids is 2. The number of carbonyl (C=O) groups excluding carboxylic acids is 1. The Morgan fingerprint density at radius 2 is 1.70 bits per heavy atom. The molecule has 0 aliphatic carbocycles. The molecule has 0 aliphatic rings. The summed E-state index contributed by atoms with van der Waals surface area (Å²) in [6, 6.07) is -0.666. The van der Waals surface area contributed by atoms with Gasteiger partial charge in [-0.1, -0.05) is 13.8 Å². The van der Waals surface area contributed by atoms with Crippen LogP contribution in [0.15, 0.2) is 0 Å². The van der Waals surface area contributed by atoms with Gasteiger partial charge in [0, 0.05) is 18.9 Å². The first kappa shape index (κ1) is 18.4.